The summed E-state index contributed by atoms with van der Waals surface area (Å²) >= 11 is 0. The van der Waals surface area contributed by atoms with E-state index < -0.39 is 42.8 Å². The quantitative estimate of drug-likeness (QED) is 0.0859. The number of nitriles is 1. The molecule has 26 heteroatoms. The Bertz CT molecular complexity index is 3350. The van der Waals surface area contributed by atoms with Crippen LogP contribution in [0.5, 0.6) is 17.5 Å². The van der Waals surface area contributed by atoms with Crippen molar-refractivity contribution in [1.29, 1.82) is 5.26 Å². The highest BCUT2D eigenvalue weighted by Gasteiger charge is 2.27. The van der Waals surface area contributed by atoms with E-state index >= 15 is 0 Å². The van der Waals surface area contributed by atoms with Crippen molar-refractivity contribution in [2.24, 2.45) is 19.2 Å². The second-order valence-corrected chi connectivity index (χ2v) is 21.5. The first-order valence-electron chi connectivity index (χ1n) is 23.2. The van der Waals surface area contributed by atoms with Crippen molar-refractivity contribution in [2.45, 2.75) is 89.5 Å². The zero-order valence-electron chi connectivity index (χ0n) is 44.5. The van der Waals surface area contributed by atoms with E-state index in [1.807, 2.05) is 60.1 Å². The number of rotatable bonds is 15. The van der Waals surface area contributed by atoms with E-state index in [0.29, 0.717) is 50.9 Å². The van der Waals surface area contributed by atoms with Gasteiger partial charge in [-0.05, 0) is 92.6 Å². The van der Waals surface area contributed by atoms with Gasteiger partial charge < -0.3 is 29.3 Å². The minimum atomic E-state index is -4.45. The molecule has 22 nitrogen and oxygen atoms in total. The molecule has 0 aliphatic heterocycles. The highest BCUT2D eigenvalue weighted by atomic mass is 32.2. The summed E-state index contributed by atoms with van der Waals surface area (Å²) in [7, 11) is 0.737. The van der Waals surface area contributed by atoms with Crippen LogP contribution in [-0.4, -0.2) is 114 Å². The second kappa shape index (κ2) is 25.5. The van der Waals surface area contributed by atoms with E-state index in [2.05, 4.69) is 25.5 Å². The molecule has 0 unspecified atom stereocenters. The van der Waals surface area contributed by atoms with Crippen LogP contribution in [0.3, 0.4) is 0 Å². The van der Waals surface area contributed by atoms with Crippen LogP contribution in [0, 0.1) is 23.2 Å². The largest absolute Gasteiger partial charge is 0.475 e. The van der Waals surface area contributed by atoms with E-state index in [-0.39, 0.29) is 57.9 Å². The van der Waals surface area contributed by atoms with E-state index in [4.69, 9.17) is 24.6 Å². The Labute approximate surface area is 440 Å². The number of halogens is 2. The fraction of sp³-hybridized carbons (Fsp3) is 0.360. The number of benzene rings is 2. The molecule has 0 atom stereocenters. The number of primary sulfonamides is 1. The number of hydrogen-bond donors (Lipinski definition) is 3. The number of aryl methyl sites for hydroxylation is 2. The molecule has 0 aliphatic rings. The van der Waals surface area contributed by atoms with Crippen molar-refractivity contribution in [1.82, 2.24) is 44.1 Å². The number of carbonyl (C=O) groups excluding carboxylic acids is 3. The zero-order valence-corrected chi connectivity index (χ0v) is 46.1. The minimum Gasteiger partial charge on any atom is -0.475 e. The lowest BCUT2D eigenvalue weighted by molar-refractivity contribution is 0.0809. The van der Waals surface area contributed by atoms with Crippen molar-refractivity contribution in [3.05, 3.63) is 107 Å². The molecule has 4 amide bonds. The molecule has 0 aliphatic carbocycles. The first-order chi connectivity index (χ1) is 35.3. The van der Waals surface area contributed by atoms with Gasteiger partial charge in [-0.3, -0.25) is 19.0 Å². The van der Waals surface area contributed by atoms with Gasteiger partial charge in [0.25, 0.3) is 38.1 Å². The number of nitrogens with zero attached hydrogens (tertiary/aromatic N) is 9. The third-order valence-electron chi connectivity index (χ3n) is 10.4. The predicted molar refractivity (Wildman–Crippen MR) is 278 cm³/mol. The lowest BCUT2D eigenvalue weighted by atomic mass is 9.94. The molecule has 4 heterocycles. The number of ether oxygens (including phenoxy) is 3. The van der Waals surface area contributed by atoms with Gasteiger partial charge in [0.15, 0.2) is 15.8 Å². The number of amides is 4. The van der Waals surface area contributed by atoms with Crippen molar-refractivity contribution < 1.29 is 54.2 Å². The van der Waals surface area contributed by atoms with E-state index in [1.165, 1.54) is 73.1 Å². The topological polar surface area (TPSA) is 289 Å². The van der Waals surface area contributed by atoms with Gasteiger partial charge in [-0.1, -0.05) is 27.7 Å². The van der Waals surface area contributed by atoms with Crippen molar-refractivity contribution in [3.8, 4) is 46.0 Å². The average molecular weight is 1090 g/mol. The van der Waals surface area contributed by atoms with Crippen LogP contribution >= 0.6 is 0 Å². The van der Waals surface area contributed by atoms with E-state index in [9.17, 15) is 40.0 Å². The van der Waals surface area contributed by atoms with Crippen LogP contribution in [0.2, 0.25) is 0 Å². The molecule has 6 aromatic rings. The number of aromatic nitrogens is 6. The highest BCUT2D eigenvalue weighted by Crippen LogP contribution is 2.39. The number of sulfonamides is 2. The average Bonchev–Trinajstić information content (AvgIpc) is 3.92. The van der Waals surface area contributed by atoms with Crippen LogP contribution in [-0.2, 0) is 34.1 Å². The Kier molecular flexibility index (Phi) is 20.3. The molecule has 0 saturated carbocycles. The summed E-state index contributed by atoms with van der Waals surface area (Å²) in [5.41, 5.74) is 3.52. The highest BCUT2D eigenvalue weighted by molar-refractivity contribution is 7.90. The Morgan fingerprint density at radius 2 is 1.11 bits per heavy atom. The molecule has 2 aromatic carbocycles. The Balaban J connectivity index is 0.000000277. The zero-order chi connectivity index (χ0) is 57.1. The number of urea groups is 1. The van der Waals surface area contributed by atoms with Gasteiger partial charge in [0.05, 0.1) is 17.9 Å². The minimum absolute atomic E-state index is 0.0148. The SMILES string of the molecule is CC(C)Oc1cc(-c2cc(F)cc(C(C)C)c2NC(=O)NS(=O)(=O)c2cc(C(=O)N(C)C)n(C)n2)ccn1.CC(C)Oc1cc(-c2cc(F)cc(C(C)C)c2OC#N)ccn1.CN(C)C(=O)c1cc(S(N)(=O)=O)nn1C. The summed E-state index contributed by atoms with van der Waals surface area (Å²) in [5, 5.41) is 23.1. The lowest BCUT2D eigenvalue weighted by Gasteiger charge is -2.19. The fourth-order valence-corrected chi connectivity index (χ4v) is 8.37. The van der Waals surface area contributed by atoms with Gasteiger partial charge in [-0.25, -0.2) is 41.8 Å². The number of nitrogens with two attached hydrogens (primary N) is 1. The lowest BCUT2D eigenvalue weighted by Crippen LogP contribution is -2.35. The molecule has 408 valence electrons. The van der Waals surface area contributed by atoms with E-state index in [1.54, 1.807) is 50.8 Å². The maximum Gasteiger partial charge on any atom is 0.333 e. The summed E-state index contributed by atoms with van der Waals surface area (Å²) in [6, 6.07) is 13.1. The maximum atomic E-state index is 14.6. The van der Waals surface area contributed by atoms with Crippen LogP contribution < -0.4 is 29.4 Å². The Morgan fingerprint density at radius 1 is 0.671 bits per heavy atom. The first-order valence-corrected chi connectivity index (χ1v) is 26.2. The van der Waals surface area contributed by atoms with Crippen LogP contribution in [0.4, 0.5) is 19.3 Å². The van der Waals surface area contributed by atoms with Crippen LogP contribution in [0.15, 0.2) is 83.1 Å². The summed E-state index contributed by atoms with van der Waals surface area (Å²) in [6.45, 7) is 14.9. The summed E-state index contributed by atoms with van der Waals surface area (Å²) in [4.78, 5) is 47.7. The second-order valence-electron chi connectivity index (χ2n) is 18.4. The molecule has 0 spiro atoms. The summed E-state index contributed by atoms with van der Waals surface area (Å²) in [5.74, 6) is -0.790. The summed E-state index contributed by atoms with van der Waals surface area (Å²) in [6.07, 6.45) is 4.60. The standard InChI is InChI=1S/C25H31FN6O5S.C18H19FN2O2.C7H12N4O3S/c1-14(2)18-11-17(26)12-19(16-8-9-27-21(10-16)37-15(3)4)23(18)28-25(34)30-38(35,36)22-13-20(32(7)29-22)24(33)31(5)6;1-11(2)15-8-14(19)9-16(18(15)22-10-20)13-5-6-21-17(7-13)23-12(3)4;1-10(2)7(12)5-4-6(9-11(5)3)15(8,13)14/h8-15H,1-7H3,(H2,28,30,34);5-9,11-12H,1-4H3;4H,1-3H3,(H2,8,13,14). The fourth-order valence-electron chi connectivity index (χ4n) is 6.96. The third kappa shape index (κ3) is 16.0. The molecule has 4 N–H and O–H groups in total. The number of pyridine rings is 2. The number of carbonyl (C=O) groups is 3. The number of hydrogen-bond acceptors (Lipinski definition) is 15. The van der Waals surface area contributed by atoms with Crippen LogP contribution in [0.25, 0.3) is 22.3 Å². The Hall–Kier alpha value is -8.02. The van der Waals surface area contributed by atoms with Gasteiger partial charge in [0.1, 0.15) is 23.0 Å². The molecule has 0 bridgehead atoms. The van der Waals surface area contributed by atoms with Gasteiger partial charge in [0, 0.05) is 95.6 Å². The molecule has 4 aromatic heterocycles. The van der Waals surface area contributed by atoms with Crippen LogP contribution in [0.1, 0.15) is 99.3 Å². The molecular weight excluding hydrogens is 1030 g/mol. The Morgan fingerprint density at radius 3 is 1.53 bits per heavy atom. The summed E-state index contributed by atoms with van der Waals surface area (Å²) < 4.78 is 97.0. The molecular formula is C50H62F2N12O10S2. The van der Waals surface area contributed by atoms with E-state index in [0.717, 1.165) is 16.8 Å². The van der Waals surface area contributed by atoms with Crippen molar-refractivity contribution in [3.63, 3.8) is 0 Å². The number of nitrogens with one attached hydrogen (secondary N) is 2. The molecule has 0 radical (unpaired) electrons. The van der Waals surface area contributed by atoms with Gasteiger partial charge >= 0.3 is 6.03 Å². The molecule has 76 heavy (non-hydrogen) atoms. The third-order valence-corrected chi connectivity index (χ3v) is 12.4. The van der Waals surface area contributed by atoms with Gasteiger partial charge in [-0.15, -0.1) is 5.26 Å². The van der Waals surface area contributed by atoms with Crippen molar-refractivity contribution >= 4 is 43.6 Å². The molecule has 6 rings (SSSR count). The predicted octanol–water partition coefficient (Wildman–Crippen LogP) is 7.17. The first kappa shape index (κ1) is 60.5. The maximum absolute atomic E-state index is 14.6. The molecule has 0 saturated heterocycles. The van der Waals surface area contributed by atoms with Crippen molar-refractivity contribution in [2.75, 3.05) is 33.5 Å². The van der Waals surface area contributed by atoms with Gasteiger partial charge in [-0.2, -0.15) is 18.6 Å². The number of anilines is 1. The monoisotopic (exact) mass is 1090 g/mol. The normalized spacial score (nSPS) is 11.3. The van der Waals surface area contributed by atoms with Gasteiger partial charge in [0.2, 0.25) is 11.8 Å². The molecule has 0 fully saturated rings. The smallest absolute Gasteiger partial charge is 0.333 e.